The minimum Gasteiger partial charge on any atom is -0.478 e. The molecule has 4 N–H and O–H groups in total. The average molecular weight is 488 g/mol. The number of nitrogens with two attached hydrogens (primary N) is 1. The summed E-state index contributed by atoms with van der Waals surface area (Å²) in [6.07, 6.45) is 1.33. The van der Waals surface area contributed by atoms with E-state index in [1.54, 1.807) is 37.3 Å². The van der Waals surface area contributed by atoms with E-state index in [1.807, 2.05) is 0 Å². The van der Waals surface area contributed by atoms with Crippen molar-refractivity contribution in [2.24, 2.45) is 0 Å². The quantitative estimate of drug-likeness (QED) is 0.281. The molecule has 0 spiro atoms. The van der Waals surface area contributed by atoms with Crippen LogP contribution < -0.4 is 10.5 Å². The molecule has 0 aliphatic rings. The van der Waals surface area contributed by atoms with Crippen molar-refractivity contribution in [3.05, 3.63) is 101 Å². The lowest BCUT2D eigenvalue weighted by Crippen LogP contribution is -2.08. The maximum atomic E-state index is 13.9. The van der Waals surface area contributed by atoms with E-state index in [-0.39, 0.29) is 34.1 Å². The lowest BCUT2D eigenvalue weighted by molar-refractivity contribution is 0.0698. The Bertz CT molecular complexity index is 1670. The first kappa shape index (κ1) is 22.8. The molecule has 0 radical (unpaired) electrons. The van der Waals surface area contributed by atoms with Gasteiger partial charge in [0.1, 0.15) is 11.6 Å². The number of halogens is 2. The molecule has 0 unspecified atom stereocenters. The molecule has 0 aliphatic heterocycles. The number of rotatable bonds is 6. The Morgan fingerprint density at radius 3 is 2.58 bits per heavy atom. The standard InChI is InChI=1S/C26H18F2N4O4/c1-13-10-14(36-22-7-3-5-18(27)23(22)28)8-9-21(13)32-25(29)17(12-30-32)24(33)20-11-16-15(26(34)35)4-2-6-19(16)31-20/h2-12,31H,29H2,1H3,(H,34,35). The largest absolute Gasteiger partial charge is 0.478 e. The van der Waals surface area contributed by atoms with Crippen molar-refractivity contribution in [1.82, 2.24) is 14.8 Å². The molecule has 0 saturated carbocycles. The first-order valence-electron chi connectivity index (χ1n) is 10.7. The highest BCUT2D eigenvalue weighted by atomic mass is 19.2. The van der Waals surface area contributed by atoms with Crippen LogP contribution >= 0.6 is 0 Å². The number of nitrogens with one attached hydrogen (secondary N) is 1. The van der Waals surface area contributed by atoms with Gasteiger partial charge in [0.2, 0.25) is 11.6 Å². The van der Waals surface area contributed by atoms with E-state index in [2.05, 4.69) is 10.1 Å². The predicted molar refractivity (Wildman–Crippen MR) is 128 cm³/mol. The average Bonchev–Trinajstić information content (AvgIpc) is 3.45. The Labute approximate surface area is 202 Å². The molecule has 180 valence electrons. The summed E-state index contributed by atoms with van der Waals surface area (Å²) < 4.78 is 34.2. The number of ether oxygens (including phenoxy) is 1. The number of ketones is 1. The number of hydrogen-bond acceptors (Lipinski definition) is 5. The number of carboxylic acid groups (broad SMARTS) is 1. The van der Waals surface area contributed by atoms with E-state index in [0.717, 1.165) is 6.07 Å². The molecule has 5 aromatic rings. The number of aromatic amines is 1. The number of carbonyl (C=O) groups excluding carboxylic acids is 1. The van der Waals surface area contributed by atoms with Crippen LogP contribution in [0, 0.1) is 18.6 Å². The molecule has 8 nitrogen and oxygen atoms in total. The third kappa shape index (κ3) is 3.84. The molecule has 0 saturated heterocycles. The van der Waals surface area contributed by atoms with Crippen LogP contribution in [0.2, 0.25) is 0 Å². The van der Waals surface area contributed by atoms with Crippen LogP contribution in [0.4, 0.5) is 14.6 Å². The van der Waals surface area contributed by atoms with Crippen molar-refractivity contribution in [3.8, 4) is 17.2 Å². The number of carboxylic acids is 1. The van der Waals surface area contributed by atoms with Gasteiger partial charge < -0.3 is 20.6 Å². The zero-order valence-corrected chi connectivity index (χ0v) is 18.8. The first-order chi connectivity index (χ1) is 17.2. The summed E-state index contributed by atoms with van der Waals surface area (Å²) in [4.78, 5) is 27.6. The smallest absolute Gasteiger partial charge is 0.336 e. The van der Waals surface area contributed by atoms with Gasteiger partial charge in [0.05, 0.1) is 28.7 Å². The molecular formula is C26H18F2N4O4. The van der Waals surface area contributed by atoms with Gasteiger partial charge in [-0.25, -0.2) is 13.9 Å². The molecule has 0 amide bonds. The van der Waals surface area contributed by atoms with Crippen LogP contribution in [-0.4, -0.2) is 31.6 Å². The highest BCUT2D eigenvalue weighted by molar-refractivity contribution is 6.14. The van der Waals surface area contributed by atoms with Gasteiger partial charge in [0.15, 0.2) is 11.6 Å². The van der Waals surface area contributed by atoms with Crippen molar-refractivity contribution in [3.63, 3.8) is 0 Å². The van der Waals surface area contributed by atoms with Gasteiger partial charge in [-0.2, -0.15) is 9.49 Å². The maximum absolute atomic E-state index is 13.9. The predicted octanol–water partition coefficient (Wildman–Crippen LogP) is 5.24. The molecule has 36 heavy (non-hydrogen) atoms. The van der Waals surface area contributed by atoms with E-state index in [9.17, 15) is 23.5 Å². The third-order valence-corrected chi connectivity index (χ3v) is 5.73. The number of aromatic nitrogens is 3. The summed E-state index contributed by atoms with van der Waals surface area (Å²) in [6.45, 7) is 1.75. The maximum Gasteiger partial charge on any atom is 0.336 e. The van der Waals surface area contributed by atoms with Crippen LogP contribution in [-0.2, 0) is 0 Å². The second-order valence-electron chi connectivity index (χ2n) is 8.04. The molecule has 2 heterocycles. The second kappa shape index (κ2) is 8.66. The summed E-state index contributed by atoms with van der Waals surface area (Å²) in [6, 6.07) is 14.6. The molecule has 3 aromatic carbocycles. The summed E-state index contributed by atoms with van der Waals surface area (Å²) in [5.41, 5.74) is 8.33. The number of fused-ring (bicyclic) bond motifs is 1. The van der Waals surface area contributed by atoms with E-state index >= 15 is 0 Å². The van der Waals surface area contributed by atoms with Gasteiger partial charge in [0, 0.05) is 10.9 Å². The summed E-state index contributed by atoms with van der Waals surface area (Å²) in [5.74, 6) is -3.57. The topological polar surface area (TPSA) is 123 Å². The van der Waals surface area contributed by atoms with Crippen LogP contribution in [0.3, 0.4) is 0 Å². The molecular weight excluding hydrogens is 470 g/mol. The minimum atomic E-state index is -1.10. The number of nitrogen functional groups attached to an aromatic ring is 1. The Morgan fingerprint density at radius 1 is 1.06 bits per heavy atom. The van der Waals surface area contributed by atoms with Crippen LogP contribution in [0.1, 0.15) is 32.0 Å². The van der Waals surface area contributed by atoms with E-state index < -0.39 is 23.4 Å². The normalized spacial score (nSPS) is 11.1. The summed E-state index contributed by atoms with van der Waals surface area (Å²) in [7, 11) is 0. The fourth-order valence-corrected chi connectivity index (χ4v) is 3.95. The van der Waals surface area contributed by atoms with Crippen LogP contribution in [0.15, 0.2) is 66.9 Å². The zero-order valence-electron chi connectivity index (χ0n) is 18.8. The van der Waals surface area contributed by atoms with Gasteiger partial charge in [-0.15, -0.1) is 0 Å². The summed E-state index contributed by atoms with van der Waals surface area (Å²) in [5, 5.41) is 14.0. The number of carbonyl (C=O) groups is 2. The molecule has 0 atom stereocenters. The lowest BCUT2D eigenvalue weighted by Gasteiger charge is -2.12. The van der Waals surface area contributed by atoms with Crippen molar-refractivity contribution < 1.29 is 28.2 Å². The zero-order chi connectivity index (χ0) is 25.6. The Morgan fingerprint density at radius 2 is 1.83 bits per heavy atom. The molecule has 0 fully saturated rings. The first-order valence-corrected chi connectivity index (χ1v) is 10.7. The van der Waals surface area contributed by atoms with Crippen molar-refractivity contribution >= 4 is 28.5 Å². The SMILES string of the molecule is Cc1cc(Oc2cccc(F)c2F)ccc1-n1ncc(C(=O)c2cc3c(C(=O)O)cccc3[nH]2)c1N. The third-order valence-electron chi connectivity index (χ3n) is 5.73. The van der Waals surface area contributed by atoms with Crippen LogP contribution in [0.25, 0.3) is 16.6 Å². The highest BCUT2D eigenvalue weighted by Crippen LogP contribution is 2.30. The molecule has 10 heteroatoms. The summed E-state index contributed by atoms with van der Waals surface area (Å²) >= 11 is 0. The van der Waals surface area contributed by atoms with Gasteiger partial charge in [-0.3, -0.25) is 4.79 Å². The Hall–Kier alpha value is -4.99. The van der Waals surface area contributed by atoms with E-state index in [1.165, 1.54) is 35.1 Å². The fourth-order valence-electron chi connectivity index (χ4n) is 3.95. The van der Waals surface area contributed by atoms with E-state index in [4.69, 9.17) is 10.5 Å². The number of hydrogen-bond donors (Lipinski definition) is 3. The number of anilines is 1. The number of aromatic carboxylic acids is 1. The van der Waals surface area contributed by atoms with Crippen molar-refractivity contribution in [2.75, 3.05) is 5.73 Å². The molecule has 0 aliphatic carbocycles. The monoisotopic (exact) mass is 488 g/mol. The minimum absolute atomic E-state index is 0.0718. The molecule has 5 rings (SSSR count). The highest BCUT2D eigenvalue weighted by Gasteiger charge is 2.22. The van der Waals surface area contributed by atoms with Gasteiger partial charge in [-0.05, 0) is 61.0 Å². The lowest BCUT2D eigenvalue weighted by atomic mass is 10.1. The molecule has 2 aromatic heterocycles. The Balaban J connectivity index is 1.45. The fraction of sp³-hybridized carbons (Fsp3) is 0.0385. The van der Waals surface area contributed by atoms with Gasteiger partial charge in [-0.1, -0.05) is 12.1 Å². The Kier molecular flexibility index (Phi) is 5.48. The van der Waals surface area contributed by atoms with Gasteiger partial charge in [0.25, 0.3) is 0 Å². The number of benzene rings is 3. The van der Waals surface area contributed by atoms with Crippen molar-refractivity contribution in [1.29, 1.82) is 0 Å². The van der Waals surface area contributed by atoms with Gasteiger partial charge >= 0.3 is 5.97 Å². The second-order valence-corrected chi connectivity index (χ2v) is 8.04. The number of nitrogens with zero attached hydrogens (tertiary/aromatic N) is 2. The number of aryl methyl sites for hydroxylation is 1. The van der Waals surface area contributed by atoms with E-state index in [0.29, 0.717) is 22.2 Å². The van der Waals surface area contributed by atoms with Crippen LogP contribution in [0.5, 0.6) is 11.5 Å². The van der Waals surface area contributed by atoms with Crippen molar-refractivity contribution in [2.45, 2.75) is 6.92 Å². The molecule has 0 bridgehead atoms. The number of H-pyrrole nitrogens is 1.